The first kappa shape index (κ1) is 18.9. The third-order valence-corrected chi connectivity index (χ3v) is 6.31. The molecule has 4 nitrogen and oxygen atoms in total. The molecule has 0 fully saturated rings. The molecule has 150 valence electrons. The highest BCUT2D eigenvalue weighted by Gasteiger charge is 2.34. The number of urea groups is 1. The van der Waals surface area contributed by atoms with Gasteiger partial charge in [0.2, 0.25) is 0 Å². The zero-order valence-electron chi connectivity index (χ0n) is 16.7. The normalized spacial score (nSPS) is 15.8. The van der Waals surface area contributed by atoms with Gasteiger partial charge in [0.05, 0.1) is 6.04 Å². The highest BCUT2D eigenvalue weighted by molar-refractivity contribution is 9.10. The third-order valence-electron chi connectivity index (χ3n) is 5.78. The number of aromatic amines is 1. The molecular formula is C25H22BrN3O. The average molecular weight is 460 g/mol. The Bertz CT molecular complexity index is 1210. The number of aromatic nitrogens is 1. The molecule has 4 aromatic rings. The molecular weight excluding hydrogens is 438 g/mol. The predicted octanol–water partition coefficient (Wildman–Crippen LogP) is 6.42. The Morgan fingerprint density at radius 3 is 2.53 bits per heavy atom. The lowest BCUT2D eigenvalue weighted by atomic mass is 9.92. The second-order valence-corrected chi connectivity index (χ2v) is 8.67. The summed E-state index contributed by atoms with van der Waals surface area (Å²) in [4.78, 5) is 18.9. The zero-order valence-corrected chi connectivity index (χ0v) is 18.2. The van der Waals surface area contributed by atoms with Gasteiger partial charge in [-0.2, -0.15) is 0 Å². The standard InChI is InChI=1S/C25H22BrN3O/c1-16-6-8-17(9-7-16)24-23-21(20-4-2-3-5-22(20)28-23)14-15-29(24)25(30)27-19-12-10-18(26)11-13-19/h2-13,24,28H,14-15H2,1H3,(H,27,30)/t24-/m1/s1. The molecule has 0 radical (unpaired) electrons. The van der Waals surface area contributed by atoms with Gasteiger partial charge >= 0.3 is 6.03 Å². The van der Waals surface area contributed by atoms with Gasteiger partial charge in [-0.1, -0.05) is 64.0 Å². The number of aryl methyl sites for hydroxylation is 1. The van der Waals surface area contributed by atoms with Crippen molar-refractivity contribution in [2.45, 2.75) is 19.4 Å². The average Bonchev–Trinajstić information content (AvgIpc) is 3.14. The Kier molecular flexibility index (Phi) is 4.83. The van der Waals surface area contributed by atoms with Crippen LogP contribution >= 0.6 is 15.9 Å². The smallest absolute Gasteiger partial charge is 0.322 e. The van der Waals surface area contributed by atoms with Gasteiger partial charge in [-0.15, -0.1) is 0 Å². The van der Waals surface area contributed by atoms with Crippen molar-refractivity contribution in [2.75, 3.05) is 11.9 Å². The number of fused-ring (bicyclic) bond motifs is 3. The number of rotatable bonds is 2. The van der Waals surface area contributed by atoms with E-state index in [1.165, 1.54) is 16.5 Å². The van der Waals surface area contributed by atoms with E-state index in [0.717, 1.165) is 33.4 Å². The molecule has 5 rings (SSSR count). The summed E-state index contributed by atoms with van der Waals surface area (Å²) in [7, 11) is 0. The number of carbonyl (C=O) groups is 1. The number of amides is 2. The highest BCUT2D eigenvalue weighted by atomic mass is 79.9. The van der Waals surface area contributed by atoms with Crippen molar-refractivity contribution in [2.24, 2.45) is 0 Å². The van der Waals surface area contributed by atoms with Crippen molar-refractivity contribution in [3.8, 4) is 0 Å². The second kappa shape index (κ2) is 7.65. The summed E-state index contributed by atoms with van der Waals surface area (Å²) in [6, 6.07) is 24.3. The van der Waals surface area contributed by atoms with Crippen molar-refractivity contribution in [1.82, 2.24) is 9.88 Å². The van der Waals surface area contributed by atoms with E-state index in [4.69, 9.17) is 0 Å². The Labute approximate surface area is 184 Å². The Morgan fingerprint density at radius 1 is 1.03 bits per heavy atom. The molecule has 0 spiro atoms. The number of carbonyl (C=O) groups excluding carboxylic acids is 1. The van der Waals surface area contributed by atoms with Crippen molar-refractivity contribution < 1.29 is 4.79 Å². The summed E-state index contributed by atoms with van der Waals surface area (Å²) in [5, 5.41) is 4.31. The molecule has 2 N–H and O–H groups in total. The van der Waals surface area contributed by atoms with Crippen molar-refractivity contribution in [3.63, 3.8) is 0 Å². The van der Waals surface area contributed by atoms with E-state index in [1.807, 2.05) is 35.2 Å². The van der Waals surface area contributed by atoms with E-state index in [2.05, 4.69) is 75.6 Å². The van der Waals surface area contributed by atoms with Crippen molar-refractivity contribution >= 4 is 38.6 Å². The number of hydrogen-bond donors (Lipinski definition) is 2. The number of H-pyrrole nitrogens is 1. The monoisotopic (exact) mass is 459 g/mol. The van der Waals surface area contributed by atoms with Crippen molar-refractivity contribution in [1.29, 1.82) is 0 Å². The summed E-state index contributed by atoms with van der Waals surface area (Å²) in [6.45, 7) is 2.74. The van der Waals surface area contributed by atoms with Crippen LogP contribution in [0.25, 0.3) is 10.9 Å². The van der Waals surface area contributed by atoms with Gasteiger partial charge in [0, 0.05) is 33.3 Å². The number of nitrogens with zero attached hydrogens (tertiary/aromatic N) is 1. The topological polar surface area (TPSA) is 48.1 Å². The van der Waals surface area contributed by atoms with E-state index in [-0.39, 0.29) is 12.1 Å². The minimum atomic E-state index is -0.155. The molecule has 2 amide bonds. The first-order valence-corrected chi connectivity index (χ1v) is 10.9. The van der Waals surface area contributed by atoms with Crippen LogP contribution in [0.4, 0.5) is 10.5 Å². The number of hydrogen-bond acceptors (Lipinski definition) is 1. The minimum absolute atomic E-state index is 0.0906. The van der Waals surface area contributed by atoms with Crippen LogP contribution in [-0.4, -0.2) is 22.5 Å². The van der Waals surface area contributed by atoms with Gasteiger partial charge in [0.1, 0.15) is 0 Å². The maximum absolute atomic E-state index is 13.3. The van der Waals surface area contributed by atoms with Crippen molar-refractivity contribution in [3.05, 3.63) is 99.7 Å². The largest absolute Gasteiger partial charge is 0.356 e. The molecule has 1 aliphatic heterocycles. The zero-order chi connectivity index (χ0) is 20.7. The van der Waals surface area contributed by atoms with E-state index < -0.39 is 0 Å². The molecule has 0 unspecified atom stereocenters. The molecule has 3 aromatic carbocycles. The Morgan fingerprint density at radius 2 is 1.77 bits per heavy atom. The number of anilines is 1. The summed E-state index contributed by atoms with van der Waals surface area (Å²) in [5.41, 5.74) is 6.64. The predicted molar refractivity (Wildman–Crippen MR) is 125 cm³/mol. The van der Waals surface area contributed by atoms with Gasteiger partial charge in [0.15, 0.2) is 0 Å². The molecule has 30 heavy (non-hydrogen) atoms. The van der Waals surface area contributed by atoms with Crippen LogP contribution < -0.4 is 5.32 Å². The van der Waals surface area contributed by atoms with E-state index in [9.17, 15) is 4.79 Å². The summed E-state index contributed by atoms with van der Waals surface area (Å²) in [6.07, 6.45) is 0.829. The first-order valence-electron chi connectivity index (χ1n) is 10.1. The molecule has 1 atom stereocenters. The number of nitrogens with one attached hydrogen (secondary N) is 2. The second-order valence-electron chi connectivity index (χ2n) is 7.76. The minimum Gasteiger partial charge on any atom is -0.356 e. The lowest BCUT2D eigenvalue weighted by molar-refractivity contribution is 0.193. The van der Waals surface area contributed by atoms with Gasteiger partial charge in [-0.3, -0.25) is 0 Å². The Hall–Kier alpha value is -3.05. The molecule has 0 saturated carbocycles. The van der Waals surface area contributed by atoms with Crippen LogP contribution in [0.3, 0.4) is 0 Å². The molecule has 0 bridgehead atoms. The van der Waals surface area contributed by atoms with Crippen LogP contribution in [0, 0.1) is 6.92 Å². The van der Waals surface area contributed by atoms with Crippen LogP contribution in [0.5, 0.6) is 0 Å². The molecule has 1 aromatic heterocycles. The first-order chi connectivity index (χ1) is 14.6. The number of benzene rings is 3. The van der Waals surface area contributed by atoms with E-state index in [0.29, 0.717) is 6.54 Å². The molecule has 2 heterocycles. The third kappa shape index (κ3) is 3.39. The fourth-order valence-electron chi connectivity index (χ4n) is 4.28. The van der Waals surface area contributed by atoms with Crippen LogP contribution in [0.2, 0.25) is 0 Å². The molecule has 0 aliphatic carbocycles. The fourth-order valence-corrected chi connectivity index (χ4v) is 4.55. The van der Waals surface area contributed by atoms with E-state index >= 15 is 0 Å². The lowest BCUT2D eigenvalue weighted by Gasteiger charge is -2.36. The van der Waals surface area contributed by atoms with Gasteiger partial charge < -0.3 is 15.2 Å². The summed E-state index contributed by atoms with van der Waals surface area (Å²) in [5.74, 6) is 0. The van der Waals surface area contributed by atoms with E-state index in [1.54, 1.807) is 0 Å². The Balaban J connectivity index is 1.56. The highest BCUT2D eigenvalue weighted by Crippen LogP contribution is 2.38. The van der Waals surface area contributed by atoms with Crippen LogP contribution in [0.1, 0.15) is 28.4 Å². The van der Waals surface area contributed by atoms with Gasteiger partial charge in [0.25, 0.3) is 0 Å². The quantitative estimate of drug-likeness (QED) is 0.356. The van der Waals surface area contributed by atoms with Gasteiger partial charge in [-0.05, 0) is 54.8 Å². The maximum atomic E-state index is 13.3. The maximum Gasteiger partial charge on any atom is 0.322 e. The van der Waals surface area contributed by atoms with Gasteiger partial charge in [-0.25, -0.2) is 4.79 Å². The molecule has 1 aliphatic rings. The summed E-state index contributed by atoms with van der Waals surface area (Å²) >= 11 is 3.44. The number of halogens is 1. The molecule has 5 heteroatoms. The lowest BCUT2D eigenvalue weighted by Crippen LogP contribution is -2.43. The fraction of sp³-hybridized carbons (Fsp3) is 0.160. The van der Waals surface area contributed by atoms with Crippen LogP contribution in [-0.2, 0) is 6.42 Å². The number of para-hydroxylation sites is 1. The molecule has 0 saturated heterocycles. The van der Waals surface area contributed by atoms with Crippen LogP contribution in [0.15, 0.2) is 77.3 Å². The SMILES string of the molecule is Cc1ccc([C@@H]2c3[nH]c4ccccc4c3CCN2C(=O)Nc2ccc(Br)cc2)cc1. The summed E-state index contributed by atoms with van der Waals surface area (Å²) < 4.78 is 0.985.